The third-order valence-electron chi connectivity index (χ3n) is 5.42. The van der Waals surface area contributed by atoms with Crippen molar-refractivity contribution in [2.45, 2.75) is 44.3 Å². The summed E-state index contributed by atoms with van der Waals surface area (Å²) >= 11 is 5.99. The van der Waals surface area contributed by atoms with Crippen molar-refractivity contribution < 1.29 is 17.9 Å². The van der Waals surface area contributed by atoms with Gasteiger partial charge >= 0.3 is 0 Å². The molecule has 1 N–H and O–H groups in total. The molecule has 8 heteroatoms. The lowest BCUT2D eigenvalue weighted by molar-refractivity contribution is -0.0487. The van der Waals surface area contributed by atoms with E-state index < -0.39 is 15.9 Å². The maximum absolute atomic E-state index is 12.6. The smallest absolute Gasteiger partial charge is 0.281 e. The number of rotatable bonds is 5. The Balaban J connectivity index is 1.46. The second kappa shape index (κ2) is 7.11. The van der Waals surface area contributed by atoms with E-state index in [-0.39, 0.29) is 23.7 Å². The average Bonchev–Trinajstić information content (AvgIpc) is 3.39. The predicted octanol–water partition coefficient (Wildman–Crippen LogP) is 3.24. The lowest BCUT2D eigenvalue weighted by Crippen LogP contribution is -2.40. The van der Waals surface area contributed by atoms with Gasteiger partial charge in [0, 0.05) is 23.0 Å². The van der Waals surface area contributed by atoms with E-state index in [1.165, 1.54) is 12.8 Å². The number of nitrogens with zero attached hydrogens (tertiary/aromatic N) is 1. The Kier molecular flexibility index (Phi) is 4.94. The predicted molar refractivity (Wildman–Crippen MR) is 104 cm³/mol. The zero-order valence-corrected chi connectivity index (χ0v) is 16.7. The maximum Gasteiger partial charge on any atom is 0.281 e. The highest BCUT2D eigenvalue weighted by Gasteiger charge is 2.37. The van der Waals surface area contributed by atoms with Crippen molar-refractivity contribution in [1.29, 1.82) is 0 Å². The molecule has 2 aliphatic rings. The highest BCUT2D eigenvalue weighted by molar-refractivity contribution is 7.90. The van der Waals surface area contributed by atoms with Gasteiger partial charge in [0.1, 0.15) is 5.69 Å². The number of carbonyl (C=O) groups is 1. The second-order valence-electron chi connectivity index (χ2n) is 7.57. The van der Waals surface area contributed by atoms with Crippen LogP contribution in [0.25, 0.3) is 10.9 Å². The number of benzene rings is 1. The van der Waals surface area contributed by atoms with Crippen molar-refractivity contribution in [3.05, 3.63) is 35.0 Å². The lowest BCUT2D eigenvalue weighted by atomic mass is 10.0. The van der Waals surface area contributed by atoms with Crippen LogP contribution >= 0.6 is 11.6 Å². The third kappa shape index (κ3) is 4.15. The molecule has 1 aromatic heterocycles. The van der Waals surface area contributed by atoms with Gasteiger partial charge < -0.3 is 9.30 Å². The fourth-order valence-electron chi connectivity index (χ4n) is 3.89. The van der Waals surface area contributed by atoms with Crippen LogP contribution in [0.5, 0.6) is 0 Å². The summed E-state index contributed by atoms with van der Waals surface area (Å²) < 4.78 is 34.9. The first-order valence-electron chi connectivity index (χ1n) is 9.28. The van der Waals surface area contributed by atoms with E-state index in [0.717, 1.165) is 23.7 Å². The molecule has 1 aliphatic heterocycles. The van der Waals surface area contributed by atoms with E-state index >= 15 is 0 Å². The second-order valence-corrected chi connectivity index (χ2v) is 9.77. The van der Waals surface area contributed by atoms with Crippen LogP contribution < -0.4 is 4.72 Å². The number of amides is 1. The molecular weight excluding hydrogens is 388 g/mol. The van der Waals surface area contributed by atoms with Crippen LogP contribution in [0.4, 0.5) is 0 Å². The van der Waals surface area contributed by atoms with Crippen molar-refractivity contribution in [1.82, 2.24) is 9.29 Å². The first-order valence-corrected chi connectivity index (χ1v) is 11.3. The monoisotopic (exact) mass is 410 g/mol. The Morgan fingerprint density at radius 3 is 2.78 bits per heavy atom. The number of aromatic nitrogens is 1. The van der Waals surface area contributed by atoms with Crippen LogP contribution in [-0.4, -0.2) is 36.9 Å². The SMILES string of the molecule is Cn1c(C(=O)NS(=O)(=O)CC2CCCC(C3CC3)O2)cc2cc(Cl)ccc21. The van der Waals surface area contributed by atoms with Gasteiger partial charge in [-0.3, -0.25) is 4.79 Å². The minimum absolute atomic E-state index is 0.178. The van der Waals surface area contributed by atoms with Gasteiger partial charge in [-0.05, 0) is 62.3 Å². The number of nitrogens with one attached hydrogen (secondary N) is 1. The zero-order chi connectivity index (χ0) is 19.2. The summed E-state index contributed by atoms with van der Waals surface area (Å²) in [6, 6.07) is 6.93. The molecule has 2 fully saturated rings. The molecule has 2 aromatic rings. The number of hydrogen-bond acceptors (Lipinski definition) is 4. The molecule has 2 unspecified atom stereocenters. The molecule has 2 heterocycles. The summed E-state index contributed by atoms with van der Waals surface area (Å²) in [5.41, 5.74) is 1.08. The minimum Gasteiger partial charge on any atom is -0.374 e. The van der Waals surface area contributed by atoms with E-state index in [2.05, 4.69) is 4.72 Å². The molecule has 4 rings (SSSR count). The Morgan fingerprint density at radius 2 is 2.04 bits per heavy atom. The van der Waals surface area contributed by atoms with Crippen molar-refractivity contribution in [2.75, 3.05) is 5.75 Å². The summed E-state index contributed by atoms with van der Waals surface area (Å²) in [5.74, 6) is -0.232. The quantitative estimate of drug-likeness (QED) is 0.820. The number of hydrogen-bond donors (Lipinski definition) is 1. The molecule has 0 bridgehead atoms. The van der Waals surface area contributed by atoms with Gasteiger partial charge in [-0.25, -0.2) is 13.1 Å². The maximum atomic E-state index is 12.6. The molecule has 1 amide bonds. The summed E-state index contributed by atoms with van der Waals surface area (Å²) in [5, 5.41) is 1.35. The fraction of sp³-hybridized carbons (Fsp3) is 0.526. The molecular formula is C19H23ClN2O4S. The topological polar surface area (TPSA) is 77.4 Å². The molecule has 1 saturated heterocycles. The molecule has 1 aliphatic carbocycles. The third-order valence-corrected chi connectivity index (χ3v) is 6.96. The summed E-state index contributed by atoms with van der Waals surface area (Å²) in [6.07, 6.45) is 4.87. The Labute approximate surface area is 163 Å². The van der Waals surface area contributed by atoms with Crippen molar-refractivity contribution in [3.63, 3.8) is 0 Å². The number of fused-ring (bicyclic) bond motifs is 1. The minimum atomic E-state index is -3.78. The summed E-state index contributed by atoms with van der Waals surface area (Å²) in [6.45, 7) is 0. The van der Waals surface area contributed by atoms with Crippen LogP contribution in [0.2, 0.25) is 5.02 Å². The molecule has 1 aromatic carbocycles. The van der Waals surface area contributed by atoms with Crippen molar-refractivity contribution >= 4 is 38.4 Å². The van der Waals surface area contributed by atoms with Crippen LogP contribution in [-0.2, 0) is 21.8 Å². The summed E-state index contributed by atoms with van der Waals surface area (Å²) in [7, 11) is -2.06. The van der Waals surface area contributed by atoms with E-state index in [9.17, 15) is 13.2 Å². The van der Waals surface area contributed by atoms with Gasteiger partial charge in [-0.2, -0.15) is 0 Å². The highest BCUT2D eigenvalue weighted by Crippen LogP contribution is 2.39. The molecule has 1 saturated carbocycles. The average molecular weight is 411 g/mol. The van der Waals surface area contributed by atoms with Crippen LogP contribution in [0.15, 0.2) is 24.3 Å². The van der Waals surface area contributed by atoms with E-state index in [0.29, 0.717) is 17.4 Å². The van der Waals surface area contributed by atoms with Gasteiger partial charge in [0.25, 0.3) is 5.91 Å². The highest BCUT2D eigenvalue weighted by atomic mass is 35.5. The molecule has 6 nitrogen and oxygen atoms in total. The van der Waals surface area contributed by atoms with Crippen molar-refractivity contribution in [2.24, 2.45) is 13.0 Å². The number of sulfonamides is 1. The van der Waals surface area contributed by atoms with Crippen LogP contribution in [0, 0.1) is 5.92 Å². The fourth-order valence-corrected chi connectivity index (χ4v) is 5.27. The standard InChI is InChI=1S/C19H23ClN2O4S/c1-22-16-8-7-14(20)9-13(16)10-17(22)19(23)21-27(24,25)11-15-3-2-4-18(26-15)12-5-6-12/h7-10,12,15,18H,2-6,11H2,1H3,(H,21,23). The zero-order valence-electron chi connectivity index (χ0n) is 15.2. The van der Waals surface area contributed by atoms with Gasteiger partial charge in [0.05, 0.1) is 18.0 Å². The first kappa shape index (κ1) is 18.8. The Morgan fingerprint density at radius 1 is 1.26 bits per heavy atom. The van der Waals surface area contributed by atoms with Gasteiger partial charge in [0.2, 0.25) is 10.0 Å². The Bertz CT molecular complexity index is 981. The molecule has 146 valence electrons. The summed E-state index contributed by atoms with van der Waals surface area (Å²) in [4.78, 5) is 12.6. The lowest BCUT2D eigenvalue weighted by Gasteiger charge is -2.30. The van der Waals surface area contributed by atoms with E-state index in [1.807, 2.05) is 0 Å². The number of carbonyl (C=O) groups excluding carboxylic acids is 1. The van der Waals surface area contributed by atoms with Gasteiger partial charge in [-0.1, -0.05) is 11.6 Å². The van der Waals surface area contributed by atoms with E-state index in [4.69, 9.17) is 16.3 Å². The normalized spacial score (nSPS) is 23.5. The van der Waals surface area contributed by atoms with Crippen LogP contribution in [0.1, 0.15) is 42.6 Å². The largest absolute Gasteiger partial charge is 0.374 e. The molecule has 2 atom stereocenters. The molecule has 0 radical (unpaired) electrons. The van der Waals surface area contributed by atoms with Gasteiger partial charge in [-0.15, -0.1) is 0 Å². The number of halogens is 1. The van der Waals surface area contributed by atoms with Gasteiger partial charge in [0.15, 0.2) is 0 Å². The number of aryl methyl sites for hydroxylation is 1. The molecule has 0 spiro atoms. The number of ether oxygens (including phenoxy) is 1. The Hall–Kier alpha value is -1.57. The first-order chi connectivity index (χ1) is 12.8. The van der Waals surface area contributed by atoms with Crippen molar-refractivity contribution in [3.8, 4) is 0 Å². The molecule has 27 heavy (non-hydrogen) atoms. The van der Waals surface area contributed by atoms with Crippen LogP contribution in [0.3, 0.4) is 0 Å². The van der Waals surface area contributed by atoms with E-state index in [1.54, 1.807) is 35.9 Å².